The molecule has 2 aromatic carbocycles. The Kier molecular flexibility index (Phi) is 5.47. The van der Waals surface area contributed by atoms with Gasteiger partial charge >= 0.3 is 6.18 Å². The number of fused-ring (bicyclic) bond motifs is 2. The fourth-order valence-corrected chi connectivity index (χ4v) is 3.47. The molecule has 0 unspecified atom stereocenters. The van der Waals surface area contributed by atoms with E-state index in [0.29, 0.717) is 17.1 Å². The molecule has 0 fully saturated rings. The minimum atomic E-state index is -4.48. The highest BCUT2D eigenvalue weighted by atomic mass is 35.5. The summed E-state index contributed by atoms with van der Waals surface area (Å²) in [4.78, 5) is 37.0. The molecule has 32 heavy (non-hydrogen) atoms. The Morgan fingerprint density at radius 3 is 2.47 bits per heavy atom. The van der Waals surface area contributed by atoms with Crippen LogP contribution in [0.4, 0.5) is 36.1 Å². The molecule has 1 aliphatic rings. The number of alkyl halides is 3. The van der Waals surface area contributed by atoms with Gasteiger partial charge in [0.25, 0.3) is 5.91 Å². The molecule has 0 saturated heterocycles. The molecule has 0 atom stereocenters. The van der Waals surface area contributed by atoms with E-state index in [2.05, 4.69) is 15.3 Å². The van der Waals surface area contributed by atoms with Crippen LogP contribution in [-0.2, 0) is 11.0 Å². The number of nitrogens with zero attached hydrogens (tertiary/aromatic N) is 4. The average Bonchev–Trinajstić information content (AvgIpc) is 2.83. The zero-order valence-corrected chi connectivity index (χ0v) is 17.3. The van der Waals surface area contributed by atoms with Gasteiger partial charge in [0, 0.05) is 12.7 Å². The Morgan fingerprint density at radius 2 is 1.78 bits per heavy atom. The maximum absolute atomic E-state index is 13.3. The second-order valence-electron chi connectivity index (χ2n) is 6.94. The van der Waals surface area contributed by atoms with Gasteiger partial charge in [-0.25, -0.2) is 4.98 Å². The minimum absolute atomic E-state index is 0.0309. The molecule has 1 N–H and O–H groups in total. The van der Waals surface area contributed by atoms with E-state index in [9.17, 15) is 22.8 Å². The van der Waals surface area contributed by atoms with Crippen molar-refractivity contribution >= 4 is 46.3 Å². The van der Waals surface area contributed by atoms with Crippen molar-refractivity contribution in [1.29, 1.82) is 0 Å². The van der Waals surface area contributed by atoms with Gasteiger partial charge in [-0.1, -0.05) is 12.1 Å². The molecule has 2 amide bonds. The third-order valence-corrected chi connectivity index (χ3v) is 5.05. The van der Waals surface area contributed by atoms with Crippen LogP contribution in [0.2, 0.25) is 5.28 Å². The van der Waals surface area contributed by atoms with E-state index in [0.717, 1.165) is 24.3 Å². The van der Waals surface area contributed by atoms with Crippen LogP contribution in [0.15, 0.2) is 54.7 Å². The number of nitrogens with one attached hydrogen (secondary N) is 1. The summed E-state index contributed by atoms with van der Waals surface area (Å²) in [6.07, 6.45) is -3.14. The largest absolute Gasteiger partial charge is 0.416 e. The Balaban J connectivity index is 1.64. The first kappa shape index (κ1) is 21.6. The van der Waals surface area contributed by atoms with Crippen LogP contribution in [0.25, 0.3) is 0 Å². The van der Waals surface area contributed by atoms with Gasteiger partial charge in [0.1, 0.15) is 12.2 Å². The average molecular weight is 462 g/mol. The quantitative estimate of drug-likeness (QED) is 0.580. The van der Waals surface area contributed by atoms with Crippen LogP contribution in [0.5, 0.6) is 0 Å². The van der Waals surface area contributed by atoms with Crippen LogP contribution >= 0.6 is 11.6 Å². The normalized spacial score (nSPS) is 13.3. The SMILES string of the molecule is CN1c2ccccc2C(=O)N(CC(=O)Nc2ccc(C(F)(F)F)cc2)c2cnc(Cl)nc21. The molecule has 4 rings (SSSR count). The maximum Gasteiger partial charge on any atom is 0.416 e. The summed E-state index contributed by atoms with van der Waals surface area (Å²) >= 11 is 5.95. The molecular weight excluding hydrogens is 447 g/mol. The monoisotopic (exact) mass is 461 g/mol. The zero-order chi connectivity index (χ0) is 23.0. The van der Waals surface area contributed by atoms with Gasteiger partial charge in [0.2, 0.25) is 11.2 Å². The Morgan fingerprint density at radius 1 is 1.09 bits per heavy atom. The Bertz CT molecular complexity index is 1200. The van der Waals surface area contributed by atoms with E-state index in [1.807, 2.05) is 0 Å². The molecule has 1 aromatic heterocycles. The highest BCUT2D eigenvalue weighted by Gasteiger charge is 2.33. The van der Waals surface area contributed by atoms with Crippen molar-refractivity contribution in [2.45, 2.75) is 6.18 Å². The van der Waals surface area contributed by atoms with E-state index in [4.69, 9.17) is 11.6 Å². The van der Waals surface area contributed by atoms with E-state index in [1.165, 1.54) is 11.1 Å². The van der Waals surface area contributed by atoms with Crippen molar-refractivity contribution < 1.29 is 22.8 Å². The summed E-state index contributed by atoms with van der Waals surface area (Å²) in [6, 6.07) is 10.8. The lowest BCUT2D eigenvalue weighted by atomic mass is 10.1. The first-order valence-corrected chi connectivity index (χ1v) is 9.67. The molecule has 11 heteroatoms. The molecule has 7 nitrogen and oxygen atoms in total. The van der Waals surface area contributed by atoms with Gasteiger partial charge in [-0.15, -0.1) is 0 Å². The van der Waals surface area contributed by atoms with Crippen LogP contribution in [0, 0.1) is 0 Å². The lowest BCUT2D eigenvalue weighted by molar-refractivity contribution is -0.137. The molecule has 2 heterocycles. The molecule has 3 aromatic rings. The third-order valence-electron chi connectivity index (χ3n) is 4.87. The fraction of sp³-hybridized carbons (Fsp3) is 0.143. The molecule has 164 valence electrons. The van der Waals surface area contributed by atoms with E-state index < -0.39 is 30.1 Å². The summed E-state index contributed by atoms with van der Waals surface area (Å²) in [5.41, 5.74) is 0.502. The van der Waals surface area contributed by atoms with Crippen molar-refractivity contribution in [3.63, 3.8) is 0 Å². The Labute approximate surface area is 185 Å². The van der Waals surface area contributed by atoms with E-state index in [1.54, 1.807) is 36.2 Å². The van der Waals surface area contributed by atoms with Crippen molar-refractivity contribution in [3.05, 3.63) is 71.1 Å². The number of carbonyl (C=O) groups excluding carboxylic acids is 2. The Hall–Kier alpha value is -3.66. The lowest BCUT2D eigenvalue weighted by Gasteiger charge is -2.22. The number of rotatable bonds is 3. The van der Waals surface area contributed by atoms with E-state index >= 15 is 0 Å². The van der Waals surface area contributed by atoms with Crippen molar-refractivity contribution in [3.8, 4) is 0 Å². The summed E-state index contributed by atoms with van der Waals surface area (Å²) in [6.45, 7) is -0.417. The maximum atomic E-state index is 13.3. The number of hydrogen-bond acceptors (Lipinski definition) is 5. The second-order valence-corrected chi connectivity index (χ2v) is 7.28. The molecule has 0 spiro atoms. The molecular formula is C21H15ClF3N5O2. The predicted molar refractivity (Wildman–Crippen MR) is 113 cm³/mol. The topological polar surface area (TPSA) is 78.4 Å². The number of halogens is 4. The zero-order valence-electron chi connectivity index (χ0n) is 16.5. The summed E-state index contributed by atoms with van der Waals surface area (Å²) in [7, 11) is 1.71. The third kappa shape index (κ3) is 4.09. The molecule has 0 saturated carbocycles. The van der Waals surface area contributed by atoms with Gasteiger partial charge in [-0.3, -0.25) is 14.5 Å². The number of aromatic nitrogens is 2. The molecule has 0 radical (unpaired) electrons. The number of benzene rings is 2. The van der Waals surface area contributed by atoms with Crippen LogP contribution < -0.4 is 15.1 Å². The van der Waals surface area contributed by atoms with Crippen molar-refractivity contribution in [1.82, 2.24) is 9.97 Å². The molecule has 1 aliphatic heterocycles. The number of carbonyl (C=O) groups is 2. The predicted octanol–water partition coefficient (Wildman–Crippen LogP) is 4.52. The first-order valence-electron chi connectivity index (χ1n) is 9.29. The van der Waals surface area contributed by atoms with Gasteiger partial charge in [-0.2, -0.15) is 18.2 Å². The molecule has 0 aliphatic carbocycles. The van der Waals surface area contributed by atoms with Crippen LogP contribution in [0.1, 0.15) is 15.9 Å². The summed E-state index contributed by atoms with van der Waals surface area (Å²) < 4.78 is 38.2. The van der Waals surface area contributed by atoms with Gasteiger partial charge in [0.05, 0.1) is 23.0 Å². The highest BCUT2D eigenvalue weighted by Crippen LogP contribution is 2.38. The first-order chi connectivity index (χ1) is 15.1. The standard InChI is InChI=1S/C21H15ClF3N5O2/c1-29-15-5-3-2-4-14(15)19(32)30(16-10-26-20(22)28-18(16)29)11-17(31)27-13-8-6-12(7-9-13)21(23,24)25/h2-10H,11H2,1H3,(H,27,31). The number of anilines is 4. The minimum Gasteiger partial charge on any atom is -0.327 e. The van der Waals surface area contributed by atoms with Crippen molar-refractivity contribution in [2.75, 3.05) is 28.7 Å². The number of para-hydroxylation sites is 1. The lowest BCUT2D eigenvalue weighted by Crippen LogP contribution is -2.38. The van der Waals surface area contributed by atoms with Crippen molar-refractivity contribution in [2.24, 2.45) is 0 Å². The highest BCUT2D eigenvalue weighted by molar-refractivity contribution is 6.28. The molecule has 0 bridgehead atoms. The number of hydrogen-bond donors (Lipinski definition) is 1. The summed E-state index contributed by atoms with van der Waals surface area (Å²) in [5, 5.41) is 2.47. The second kappa shape index (κ2) is 8.12. The smallest absolute Gasteiger partial charge is 0.327 e. The van der Waals surface area contributed by atoms with Gasteiger partial charge in [-0.05, 0) is 48.0 Å². The van der Waals surface area contributed by atoms with Gasteiger partial charge in [0.15, 0.2) is 5.82 Å². The fourth-order valence-electron chi connectivity index (χ4n) is 3.34. The van der Waals surface area contributed by atoms with Crippen LogP contribution in [-0.4, -0.2) is 35.4 Å². The summed E-state index contributed by atoms with van der Waals surface area (Å²) in [5.74, 6) is -0.744. The number of amides is 2. The van der Waals surface area contributed by atoms with Crippen LogP contribution in [0.3, 0.4) is 0 Å². The van der Waals surface area contributed by atoms with E-state index in [-0.39, 0.29) is 16.7 Å². The van der Waals surface area contributed by atoms with Gasteiger partial charge < -0.3 is 10.2 Å².